The molecule has 0 saturated carbocycles. The molecule has 220 valence electrons. The number of nitrogens with zero attached hydrogens (tertiary/aromatic N) is 2. The van der Waals surface area contributed by atoms with E-state index in [2.05, 4.69) is 67.6 Å². The number of aromatic hydroxyl groups is 1. The fourth-order valence-corrected chi connectivity index (χ4v) is 5.96. The van der Waals surface area contributed by atoms with Crippen molar-refractivity contribution in [1.82, 2.24) is 20.1 Å². The van der Waals surface area contributed by atoms with Crippen LogP contribution in [-0.2, 0) is 39.2 Å². The van der Waals surface area contributed by atoms with Crippen molar-refractivity contribution in [2.75, 3.05) is 39.3 Å². The number of hydrogen-bond donors (Lipinski definition) is 4. The van der Waals surface area contributed by atoms with Crippen LogP contribution in [0.1, 0.15) is 65.5 Å². The molecule has 2 amide bonds. The van der Waals surface area contributed by atoms with Gasteiger partial charge in [-0.15, -0.1) is 0 Å². The van der Waals surface area contributed by atoms with E-state index in [0.717, 1.165) is 30.6 Å². The molecule has 10 nitrogen and oxygen atoms in total. The van der Waals surface area contributed by atoms with Crippen LogP contribution >= 0.6 is 0 Å². The highest BCUT2D eigenvalue weighted by atomic mass is 32.2. The quantitative estimate of drug-likeness (QED) is 0.149. The van der Waals surface area contributed by atoms with Gasteiger partial charge in [0.1, 0.15) is 17.1 Å². The highest BCUT2D eigenvalue weighted by molar-refractivity contribution is 7.80. The first-order valence-electron chi connectivity index (χ1n) is 13.4. The van der Waals surface area contributed by atoms with Crippen molar-refractivity contribution in [3.63, 3.8) is 0 Å². The third-order valence-electron chi connectivity index (χ3n) is 6.51. The minimum atomic E-state index is -0.288. The largest absolute Gasteiger partial charge is 0.870 e. The molecule has 0 unspecified atom stereocenters. The van der Waals surface area contributed by atoms with Crippen molar-refractivity contribution in [3.05, 3.63) is 23.3 Å². The summed E-state index contributed by atoms with van der Waals surface area (Å²) < 4.78 is 0.114. The van der Waals surface area contributed by atoms with Gasteiger partial charge in [0.2, 0.25) is 16.8 Å². The zero-order chi connectivity index (χ0) is 28.1. The summed E-state index contributed by atoms with van der Waals surface area (Å²) in [6, 6.07) is 3.88. The Morgan fingerprint density at radius 1 is 1.10 bits per heavy atom. The first-order valence-corrected chi connectivity index (χ1v) is 14.3. The van der Waals surface area contributed by atoms with E-state index in [9.17, 15) is 14.7 Å². The molecule has 1 fully saturated rings. The minimum absolute atomic E-state index is 0. The second kappa shape index (κ2) is 13.8. The lowest BCUT2D eigenvalue weighted by atomic mass is 9.88. The number of aromatic nitrogens is 1. The summed E-state index contributed by atoms with van der Waals surface area (Å²) in [6.45, 7) is 17.2. The van der Waals surface area contributed by atoms with Gasteiger partial charge in [-0.2, -0.15) is 0 Å². The van der Waals surface area contributed by atoms with Crippen LogP contribution in [0.2, 0.25) is 0 Å². The number of H-pyrrole nitrogens is 1. The number of aromatic amines is 1. The van der Waals surface area contributed by atoms with E-state index in [1.807, 2.05) is 11.0 Å². The number of carbonyl (C=O) groups is 2. The predicted molar refractivity (Wildman–Crippen MR) is 156 cm³/mol. The molecule has 1 aliphatic heterocycles. The molecule has 1 saturated heterocycles. The topological polar surface area (TPSA) is 154 Å². The Morgan fingerprint density at radius 2 is 1.77 bits per heavy atom. The third-order valence-corrected chi connectivity index (χ3v) is 7.78. The minimum Gasteiger partial charge on any atom is -0.870 e. The van der Waals surface area contributed by atoms with E-state index in [4.69, 9.17) is 5.90 Å². The van der Waals surface area contributed by atoms with Crippen LogP contribution in [0.3, 0.4) is 0 Å². The van der Waals surface area contributed by atoms with Crippen molar-refractivity contribution >= 4 is 34.5 Å². The Morgan fingerprint density at radius 3 is 2.36 bits per heavy atom. The Kier molecular flexibility index (Phi) is 11.7. The third kappa shape index (κ3) is 9.68. The van der Waals surface area contributed by atoms with E-state index in [0.29, 0.717) is 44.8 Å². The summed E-state index contributed by atoms with van der Waals surface area (Å²) >= 11 is 1.24. The van der Waals surface area contributed by atoms with Crippen molar-refractivity contribution in [2.24, 2.45) is 11.3 Å². The van der Waals surface area contributed by atoms with Crippen molar-refractivity contribution in [2.45, 2.75) is 77.1 Å². The second-order valence-electron chi connectivity index (χ2n) is 12.4. The number of fused-ring (bicyclic) bond motifs is 1. The van der Waals surface area contributed by atoms with E-state index in [1.165, 1.54) is 27.7 Å². The Labute approximate surface area is 236 Å². The molecule has 3 rings (SSSR count). The number of hydrogen-bond acceptors (Lipinski definition) is 7. The molecule has 11 heteroatoms. The van der Waals surface area contributed by atoms with Gasteiger partial charge in [-0.1, -0.05) is 20.8 Å². The number of benzene rings is 1. The predicted octanol–water partition coefficient (Wildman–Crippen LogP) is 2.69. The van der Waals surface area contributed by atoms with Gasteiger partial charge in [0.15, 0.2) is 0 Å². The zero-order valence-electron chi connectivity index (χ0n) is 24.3. The van der Waals surface area contributed by atoms with Gasteiger partial charge in [-0.05, 0) is 51.2 Å². The standard InChI is InChI=1S/C28H45N5O4S.H2O/c1-27(2,3)16-20-19-9-10-22(34)21(25(19)31-26(20)38-28(4,5)6)17-32-12-14-33(15-13-32)24(36)8-7-11-30-23(35)18-37-29;/h9-10,31,34H,7-8,11-18,29H2,1-6H3,(H,30,35);1H2. The molecule has 0 spiro atoms. The lowest BCUT2D eigenvalue weighted by molar-refractivity contribution is -0.133. The molecule has 1 aromatic heterocycles. The molecule has 0 atom stereocenters. The molecule has 0 aliphatic carbocycles. The monoisotopic (exact) mass is 565 g/mol. The van der Waals surface area contributed by atoms with Gasteiger partial charge >= 0.3 is 0 Å². The van der Waals surface area contributed by atoms with Gasteiger partial charge < -0.3 is 25.8 Å². The average Bonchev–Trinajstić information content (AvgIpc) is 3.13. The summed E-state index contributed by atoms with van der Waals surface area (Å²) in [5.74, 6) is 5.00. The van der Waals surface area contributed by atoms with E-state index < -0.39 is 0 Å². The van der Waals surface area contributed by atoms with Crippen LogP contribution in [0.15, 0.2) is 17.2 Å². The molecule has 2 heterocycles. The van der Waals surface area contributed by atoms with Gasteiger partial charge in [0.05, 0.1) is 5.52 Å². The lowest BCUT2D eigenvalue weighted by Gasteiger charge is -2.35. The molecular formula is C28H47N5O5S. The van der Waals surface area contributed by atoms with E-state index in [-0.39, 0.29) is 34.1 Å². The number of nitrogens with two attached hydrogens (primary N) is 1. The van der Waals surface area contributed by atoms with Crippen LogP contribution in [0.25, 0.3) is 10.9 Å². The highest BCUT2D eigenvalue weighted by Gasteiger charge is 2.31. The second-order valence-corrected chi connectivity index (χ2v) is 14.4. The number of phenols is 1. The van der Waals surface area contributed by atoms with Crippen LogP contribution < -0.4 is 11.2 Å². The van der Waals surface area contributed by atoms with Gasteiger partial charge in [0.25, 0.3) is 0 Å². The molecule has 39 heavy (non-hydrogen) atoms. The summed E-state index contributed by atoms with van der Waals surface area (Å²) in [6.07, 6.45) is 1.92. The summed E-state index contributed by atoms with van der Waals surface area (Å²) in [4.78, 5) is 36.2. The van der Waals surface area contributed by atoms with Crippen LogP contribution in [0, 0.1) is 5.41 Å². The Bertz CT molecular complexity index is 1110. The SMILES string of the molecule is CC(C)(C)Cc1c([SH+]C(C)(C)C)[nH]c2c(CN3CCN(C(=O)CCCNC(=O)CON)CC3)c(O)ccc12.[OH-]. The smallest absolute Gasteiger partial charge is 0.248 e. The van der Waals surface area contributed by atoms with Gasteiger partial charge in [-0.25, -0.2) is 5.90 Å². The number of rotatable bonds is 10. The number of thiol groups is 1. The molecule has 1 aliphatic rings. The maximum absolute atomic E-state index is 12.6. The van der Waals surface area contributed by atoms with Crippen LogP contribution in [0.5, 0.6) is 5.75 Å². The number of carbonyl (C=O) groups excluding carboxylic acids is 2. The van der Waals surface area contributed by atoms with E-state index in [1.54, 1.807) is 0 Å². The number of piperazine rings is 1. The number of amides is 2. The first-order chi connectivity index (χ1) is 17.8. The number of nitrogens with one attached hydrogen (secondary N) is 2. The van der Waals surface area contributed by atoms with Crippen molar-refractivity contribution in [3.8, 4) is 5.75 Å². The Balaban J connectivity index is 0.00000533. The van der Waals surface area contributed by atoms with Crippen molar-refractivity contribution in [1.29, 1.82) is 0 Å². The van der Waals surface area contributed by atoms with E-state index >= 15 is 0 Å². The average molecular weight is 566 g/mol. The fourth-order valence-electron chi connectivity index (χ4n) is 4.78. The molecule has 1 aromatic carbocycles. The summed E-state index contributed by atoms with van der Waals surface area (Å²) in [5, 5.41) is 16.0. The molecule has 0 bridgehead atoms. The van der Waals surface area contributed by atoms with Gasteiger partial charge in [0, 0.05) is 74.0 Å². The van der Waals surface area contributed by atoms with Gasteiger partial charge in [-0.3, -0.25) is 19.3 Å². The number of phenolic OH excluding ortho intramolecular Hbond substituents is 1. The molecule has 2 aromatic rings. The molecule has 6 N–H and O–H groups in total. The maximum atomic E-state index is 12.6. The molecule has 0 radical (unpaired) electrons. The summed E-state index contributed by atoms with van der Waals surface area (Å²) in [7, 11) is 0. The van der Waals surface area contributed by atoms with Crippen LogP contribution in [0.4, 0.5) is 0 Å². The van der Waals surface area contributed by atoms with Crippen molar-refractivity contribution < 1.29 is 25.0 Å². The Hall–Kier alpha value is -2.31. The summed E-state index contributed by atoms with van der Waals surface area (Å²) in [5.41, 5.74) is 3.43. The lowest BCUT2D eigenvalue weighted by Crippen LogP contribution is -2.48. The van der Waals surface area contributed by atoms with Crippen LogP contribution in [-0.4, -0.2) is 81.3 Å². The maximum Gasteiger partial charge on any atom is 0.248 e. The normalized spacial score (nSPS) is 14.9. The first kappa shape index (κ1) is 32.9. The fraction of sp³-hybridized carbons (Fsp3) is 0.643. The highest BCUT2D eigenvalue weighted by Crippen LogP contribution is 2.37. The molecular weight excluding hydrogens is 518 g/mol. The zero-order valence-corrected chi connectivity index (χ0v) is 25.2.